The molecule has 0 fully saturated rings. The third kappa shape index (κ3) is 3.03. The second-order valence-electron chi connectivity index (χ2n) is 4.55. The Bertz CT molecular complexity index is 690. The fourth-order valence-corrected chi connectivity index (χ4v) is 2.05. The van der Waals surface area contributed by atoms with E-state index in [2.05, 4.69) is 17.0 Å². The topological polar surface area (TPSA) is 46.9 Å². The summed E-state index contributed by atoms with van der Waals surface area (Å²) in [6.45, 7) is 4.92. The maximum Gasteiger partial charge on any atom is 0.435 e. The summed E-state index contributed by atoms with van der Waals surface area (Å²) in [5.41, 5.74) is -1.10. The maximum atomic E-state index is 13.2. The van der Waals surface area contributed by atoms with Gasteiger partial charge >= 0.3 is 6.18 Å². The van der Waals surface area contributed by atoms with Crippen LogP contribution in [0.2, 0.25) is 0 Å². The number of aromatic nitrogens is 2. The van der Waals surface area contributed by atoms with Gasteiger partial charge in [0.25, 0.3) is 5.91 Å². The maximum absolute atomic E-state index is 13.2. The molecule has 1 aromatic carbocycles. The number of nitrogens with one attached hydrogen (secondary N) is 1. The first-order valence-corrected chi connectivity index (χ1v) is 6.47. The van der Waals surface area contributed by atoms with Crippen LogP contribution in [0, 0.1) is 6.92 Å². The lowest BCUT2D eigenvalue weighted by atomic mass is 10.1. The van der Waals surface area contributed by atoms with E-state index in [4.69, 9.17) is 0 Å². The number of para-hydroxylation sites is 1. The number of rotatable bonds is 4. The zero-order valence-corrected chi connectivity index (χ0v) is 11.8. The molecule has 1 amide bonds. The molecule has 22 heavy (non-hydrogen) atoms. The fourth-order valence-electron chi connectivity index (χ4n) is 2.05. The molecule has 4 nitrogen and oxygen atoms in total. The van der Waals surface area contributed by atoms with Gasteiger partial charge in [-0.05, 0) is 19.1 Å². The molecule has 0 atom stereocenters. The smallest absolute Gasteiger partial charge is 0.348 e. The molecule has 0 saturated heterocycles. The summed E-state index contributed by atoms with van der Waals surface area (Å²) >= 11 is 0. The average Bonchev–Trinajstić information content (AvgIpc) is 2.83. The molecular formula is C15H14F3N3O. The van der Waals surface area contributed by atoms with Crippen LogP contribution in [0.25, 0.3) is 5.69 Å². The molecule has 0 bridgehead atoms. The predicted molar refractivity (Wildman–Crippen MR) is 75.8 cm³/mol. The van der Waals surface area contributed by atoms with Crippen molar-refractivity contribution in [3.8, 4) is 5.69 Å². The number of carbonyl (C=O) groups is 1. The van der Waals surface area contributed by atoms with Gasteiger partial charge in [0, 0.05) is 6.54 Å². The molecule has 0 radical (unpaired) electrons. The van der Waals surface area contributed by atoms with E-state index >= 15 is 0 Å². The molecule has 2 rings (SSSR count). The van der Waals surface area contributed by atoms with Crippen molar-refractivity contribution in [2.45, 2.75) is 13.1 Å². The summed E-state index contributed by atoms with van der Waals surface area (Å²) in [6, 6.07) is 8.34. The van der Waals surface area contributed by atoms with E-state index in [1.165, 1.54) is 13.0 Å². The Balaban J connectivity index is 2.58. The van der Waals surface area contributed by atoms with Crippen molar-refractivity contribution in [3.63, 3.8) is 0 Å². The van der Waals surface area contributed by atoms with E-state index in [1.807, 2.05) is 0 Å². The van der Waals surface area contributed by atoms with E-state index in [1.54, 1.807) is 30.3 Å². The lowest BCUT2D eigenvalue weighted by Gasteiger charge is -2.07. The van der Waals surface area contributed by atoms with Gasteiger partial charge < -0.3 is 5.32 Å². The highest BCUT2D eigenvalue weighted by Gasteiger charge is 2.40. The van der Waals surface area contributed by atoms with Crippen LogP contribution in [0.15, 0.2) is 43.0 Å². The highest BCUT2D eigenvalue weighted by Crippen LogP contribution is 2.33. The number of halogens is 3. The van der Waals surface area contributed by atoms with Crippen molar-refractivity contribution in [1.82, 2.24) is 15.1 Å². The number of nitrogens with zero attached hydrogens (tertiary/aromatic N) is 2. The van der Waals surface area contributed by atoms with Crippen LogP contribution < -0.4 is 5.32 Å². The number of carbonyl (C=O) groups excluding carboxylic acids is 1. The van der Waals surface area contributed by atoms with Crippen LogP contribution in [0.5, 0.6) is 0 Å². The standard InChI is InChI=1S/C15H14F3N3O/c1-3-9-19-14(22)12-10(2)21(11-7-5-4-6-8-11)20-13(12)15(16,17)18/h3-8H,1,9H2,2H3,(H,19,22). The molecule has 0 saturated carbocycles. The Morgan fingerprint density at radius 1 is 1.36 bits per heavy atom. The third-order valence-electron chi connectivity index (χ3n) is 3.02. The van der Waals surface area contributed by atoms with E-state index in [-0.39, 0.29) is 12.2 Å². The molecule has 2 aromatic rings. The zero-order chi connectivity index (χ0) is 16.3. The van der Waals surface area contributed by atoms with Crippen LogP contribution in [-0.4, -0.2) is 22.2 Å². The summed E-state index contributed by atoms with van der Waals surface area (Å²) in [4.78, 5) is 12.0. The van der Waals surface area contributed by atoms with E-state index in [0.29, 0.717) is 5.69 Å². The Kier molecular flexibility index (Phi) is 4.35. The molecule has 7 heteroatoms. The van der Waals surface area contributed by atoms with Gasteiger partial charge in [-0.3, -0.25) is 4.79 Å². The lowest BCUT2D eigenvalue weighted by Crippen LogP contribution is -2.26. The highest BCUT2D eigenvalue weighted by molar-refractivity contribution is 5.96. The molecule has 0 unspecified atom stereocenters. The number of amides is 1. The van der Waals surface area contributed by atoms with Gasteiger partial charge in [0.1, 0.15) is 0 Å². The summed E-state index contributed by atoms with van der Waals surface area (Å²) in [5, 5.41) is 5.94. The van der Waals surface area contributed by atoms with Crippen molar-refractivity contribution < 1.29 is 18.0 Å². The normalized spacial score (nSPS) is 11.3. The molecule has 0 aliphatic carbocycles. The van der Waals surface area contributed by atoms with E-state index < -0.39 is 23.3 Å². The lowest BCUT2D eigenvalue weighted by molar-refractivity contribution is -0.141. The van der Waals surface area contributed by atoms with E-state index in [0.717, 1.165) is 4.68 Å². The Labute approximate surface area is 125 Å². The van der Waals surface area contributed by atoms with E-state index in [9.17, 15) is 18.0 Å². The van der Waals surface area contributed by atoms with Gasteiger partial charge in [-0.15, -0.1) is 6.58 Å². The number of alkyl halides is 3. The SMILES string of the molecule is C=CCNC(=O)c1c(C(F)(F)F)nn(-c2ccccc2)c1C. The predicted octanol–water partition coefficient (Wildman–Crippen LogP) is 3.12. The number of benzene rings is 1. The van der Waals surface area contributed by atoms with Gasteiger partial charge in [-0.25, -0.2) is 4.68 Å². The zero-order valence-electron chi connectivity index (χ0n) is 11.8. The Hall–Kier alpha value is -2.57. The van der Waals surface area contributed by atoms with Gasteiger partial charge in [0.2, 0.25) is 0 Å². The van der Waals surface area contributed by atoms with Crippen molar-refractivity contribution in [1.29, 1.82) is 0 Å². The minimum atomic E-state index is -4.72. The Morgan fingerprint density at radius 2 is 2.00 bits per heavy atom. The van der Waals surface area contributed by atoms with Crippen molar-refractivity contribution in [2.75, 3.05) is 6.54 Å². The van der Waals surface area contributed by atoms with Crippen molar-refractivity contribution in [2.24, 2.45) is 0 Å². The monoisotopic (exact) mass is 309 g/mol. The van der Waals surface area contributed by atoms with Crippen molar-refractivity contribution in [3.05, 3.63) is 59.9 Å². The van der Waals surface area contributed by atoms with Gasteiger partial charge in [-0.1, -0.05) is 24.3 Å². The first-order chi connectivity index (χ1) is 10.4. The van der Waals surface area contributed by atoms with Crippen LogP contribution in [0.1, 0.15) is 21.7 Å². The summed E-state index contributed by atoms with van der Waals surface area (Å²) in [7, 11) is 0. The van der Waals surface area contributed by atoms with Crippen LogP contribution in [-0.2, 0) is 6.18 Å². The van der Waals surface area contributed by atoms with Gasteiger partial charge in [0.15, 0.2) is 5.69 Å². The average molecular weight is 309 g/mol. The molecule has 0 aliphatic heterocycles. The second kappa shape index (κ2) is 6.05. The van der Waals surface area contributed by atoms with Crippen molar-refractivity contribution >= 4 is 5.91 Å². The molecule has 0 spiro atoms. The van der Waals surface area contributed by atoms with Crippen LogP contribution in [0.3, 0.4) is 0 Å². The van der Waals surface area contributed by atoms with Crippen LogP contribution in [0.4, 0.5) is 13.2 Å². The summed E-state index contributed by atoms with van der Waals surface area (Å²) < 4.78 is 40.6. The summed E-state index contributed by atoms with van der Waals surface area (Å²) in [6.07, 6.45) is -3.33. The molecule has 1 N–H and O–H groups in total. The minimum Gasteiger partial charge on any atom is -0.348 e. The third-order valence-corrected chi connectivity index (χ3v) is 3.02. The number of hydrogen-bond acceptors (Lipinski definition) is 2. The van der Waals surface area contributed by atoms with Crippen LogP contribution >= 0.6 is 0 Å². The molecule has 1 heterocycles. The number of hydrogen-bond donors (Lipinski definition) is 1. The first kappa shape index (κ1) is 15.8. The largest absolute Gasteiger partial charge is 0.435 e. The quantitative estimate of drug-likeness (QED) is 0.882. The molecule has 116 valence electrons. The fraction of sp³-hybridized carbons (Fsp3) is 0.200. The summed E-state index contributed by atoms with van der Waals surface area (Å²) in [5.74, 6) is -0.827. The molecule has 1 aromatic heterocycles. The first-order valence-electron chi connectivity index (χ1n) is 6.47. The highest BCUT2D eigenvalue weighted by atomic mass is 19.4. The Morgan fingerprint density at radius 3 is 2.55 bits per heavy atom. The second-order valence-corrected chi connectivity index (χ2v) is 4.55. The minimum absolute atomic E-state index is 0.0755. The molecule has 0 aliphatic rings. The molecular weight excluding hydrogens is 295 g/mol. The van der Waals surface area contributed by atoms with Gasteiger partial charge in [-0.2, -0.15) is 18.3 Å². The van der Waals surface area contributed by atoms with Gasteiger partial charge in [0.05, 0.1) is 16.9 Å².